The molecule has 0 saturated heterocycles. The molecule has 0 radical (unpaired) electrons. The van der Waals surface area contributed by atoms with Gasteiger partial charge in [-0.25, -0.2) is 4.98 Å². The lowest BCUT2D eigenvalue weighted by molar-refractivity contribution is -0.141. The summed E-state index contributed by atoms with van der Waals surface area (Å²) in [6.07, 6.45) is -0.0357. The third kappa shape index (κ3) is 6.45. The van der Waals surface area contributed by atoms with Crippen molar-refractivity contribution in [1.29, 1.82) is 0 Å². The number of benzene rings is 2. The van der Waals surface area contributed by atoms with Crippen LogP contribution in [0.4, 0.5) is 0 Å². The maximum Gasteiger partial charge on any atom is 0.307 e. The first-order valence-electron chi connectivity index (χ1n) is 10.2. The number of rotatable bonds is 10. The van der Waals surface area contributed by atoms with Gasteiger partial charge in [-0.05, 0) is 48.9 Å². The number of methoxy groups -OCH3 is 3. The summed E-state index contributed by atoms with van der Waals surface area (Å²) in [4.78, 5) is 29.2. The molecule has 8 nitrogen and oxygen atoms in total. The van der Waals surface area contributed by atoms with Crippen LogP contribution in [0.15, 0.2) is 47.8 Å². The number of amides is 1. The number of hydrogen-bond acceptors (Lipinski definition) is 8. The van der Waals surface area contributed by atoms with Crippen LogP contribution in [0.3, 0.4) is 0 Å². The number of nitrogens with one attached hydrogen (secondary N) is 1. The maximum absolute atomic E-state index is 12.9. The molecule has 3 rings (SSSR count). The summed E-state index contributed by atoms with van der Waals surface area (Å²) in [6.45, 7) is 2.30. The van der Waals surface area contributed by atoms with Crippen molar-refractivity contribution in [2.75, 3.05) is 21.3 Å². The molecule has 1 unspecified atom stereocenters. The van der Waals surface area contributed by atoms with Gasteiger partial charge in [-0.15, -0.1) is 11.3 Å². The first-order chi connectivity index (χ1) is 15.9. The van der Waals surface area contributed by atoms with Crippen molar-refractivity contribution in [2.24, 2.45) is 0 Å². The largest absolute Gasteiger partial charge is 0.493 e. The maximum atomic E-state index is 12.9. The molecule has 0 bridgehead atoms. The molecule has 1 aromatic heterocycles. The third-order valence-corrected chi connectivity index (χ3v) is 5.71. The Morgan fingerprint density at radius 3 is 2.36 bits per heavy atom. The fourth-order valence-corrected chi connectivity index (χ4v) is 3.74. The molecule has 1 atom stereocenters. The molecule has 0 spiro atoms. The highest BCUT2D eigenvalue weighted by Gasteiger charge is 2.21. The van der Waals surface area contributed by atoms with Crippen molar-refractivity contribution >= 4 is 23.2 Å². The van der Waals surface area contributed by atoms with E-state index in [0.29, 0.717) is 35.0 Å². The van der Waals surface area contributed by atoms with Crippen LogP contribution in [-0.4, -0.2) is 38.2 Å². The smallest absolute Gasteiger partial charge is 0.307 e. The van der Waals surface area contributed by atoms with Crippen molar-refractivity contribution in [3.63, 3.8) is 0 Å². The fraction of sp³-hybridized carbons (Fsp3) is 0.292. The Balaban J connectivity index is 1.71. The monoisotopic (exact) mass is 470 g/mol. The fourth-order valence-electron chi connectivity index (χ4n) is 3.15. The average molecular weight is 471 g/mol. The first kappa shape index (κ1) is 24.1. The number of nitrogens with zero attached hydrogens (tertiary/aromatic N) is 1. The van der Waals surface area contributed by atoms with E-state index in [2.05, 4.69) is 10.3 Å². The molecule has 0 aliphatic rings. The van der Waals surface area contributed by atoms with Gasteiger partial charge < -0.3 is 24.3 Å². The summed E-state index contributed by atoms with van der Waals surface area (Å²) in [7, 11) is 4.37. The Bertz CT molecular complexity index is 1100. The second-order valence-electron chi connectivity index (χ2n) is 7.09. The Labute approximate surface area is 196 Å². The number of esters is 1. The molecule has 174 valence electrons. The van der Waals surface area contributed by atoms with E-state index < -0.39 is 12.0 Å². The minimum atomic E-state index is -0.617. The summed E-state index contributed by atoms with van der Waals surface area (Å²) in [6, 6.07) is 11.4. The molecule has 2 aromatic carbocycles. The highest BCUT2D eigenvalue weighted by Crippen LogP contribution is 2.31. The number of carbonyl (C=O) groups excluding carboxylic acids is 2. The van der Waals surface area contributed by atoms with Crippen molar-refractivity contribution in [3.05, 3.63) is 69.7 Å². The second kappa shape index (κ2) is 11.3. The van der Waals surface area contributed by atoms with Gasteiger partial charge in [0.25, 0.3) is 5.91 Å². The molecule has 1 amide bonds. The number of carbonyl (C=O) groups is 2. The van der Waals surface area contributed by atoms with Crippen molar-refractivity contribution in [2.45, 2.75) is 26.0 Å². The lowest BCUT2D eigenvalue weighted by atomic mass is 10.0. The molecular formula is C24H26N2O6S. The molecule has 33 heavy (non-hydrogen) atoms. The Hall–Kier alpha value is -3.59. The lowest BCUT2D eigenvalue weighted by Crippen LogP contribution is -2.30. The Kier molecular flexibility index (Phi) is 8.26. The zero-order valence-corrected chi connectivity index (χ0v) is 19.7. The van der Waals surface area contributed by atoms with Gasteiger partial charge in [0.05, 0.1) is 44.5 Å². The number of aromatic nitrogens is 1. The highest BCUT2D eigenvalue weighted by molar-refractivity contribution is 7.09. The van der Waals surface area contributed by atoms with Crippen LogP contribution in [0.5, 0.6) is 17.2 Å². The quantitative estimate of drug-likeness (QED) is 0.446. The van der Waals surface area contributed by atoms with Gasteiger partial charge in [0.1, 0.15) is 12.4 Å². The van der Waals surface area contributed by atoms with Crippen LogP contribution in [0.25, 0.3) is 0 Å². The van der Waals surface area contributed by atoms with E-state index in [1.165, 1.54) is 21.3 Å². The third-order valence-electron chi connectivity index (χ3n) is 4.88. The van der Waals surface area contributed by atoms with Gasteiger partial charge in [-0.2, -0.15) is 0 Å². The zero-order chi connectivity index (χ0) is 23.8. The zero-order valence-electron chi connectivity index (χ0n) is 18.9. The number of thiazole rings is 1. The van der Waals surface area contributed by atoms with E-state index in [0.717, 1.165) is 10.7 Å². The lowest BCUT2D eigenvalue weighted by Gasteiger charge is -2.20. The first-order valence-corrected chi connectivity index (χ1v) is 11.0. The summed E-state index contributed by atoms with van der Waals surface area (Å²) in [5.41, 5.74) is 1.98. The van der Waals surface area contributed by atoms with Crippen molar-refractivity contribution < 1.29 is 28.5 Å². The standard InChI is InChI=1S/C24H26N2O6S/c1-15-25-18(14-33-15)13-32-19-8-5-16(6-9-19)24(28)26-20(12-23(27)31-4)17-7-10-21(29-2)22(11-17)30-3/h5-11,14,20H,12-13H2,1-4H3,(H,26,28). The van der Waals surface area contributed by atoms with E-state index in [-0.39, 0.29) is 12.3 Å². The van der Waals surface area contributed by atoms with Crippen LogP contribution >= 0.6 is 11.3 Å². The van der Waals surface area contributed by atoms with Crippen LogP contribution < -0.4 is 19.5 Å². The van der Waals surface area contributed by atoms with Crippen LogP contribution in [0.1, 0.15) is 39.1 Å². The van der Waals surface area contributed by atoms with Gasteiger partial charge >= 0.3 is 5.97 Å². The van der Waals surface area contributed by atoms with Crippen LogP contribution in [0, 0.1) is 6.92 Å². The molecular weight excluding hydrogens is 444 g/mol. The normalized spacial score (nSPS) is 11.4. The number of ether oxygens (including phenoxy) is 4. The molecule has 3 aromatic rings. The van der Waals surface area contributed by atoms with E-state index in [4.69, 9.17) is 18.9 Å². The van der Waals surface area contributed by atoms with Crippen molar-refractivity contribution in [1.82, 2.24) is 10.3 Å². The SMILES string of the molecule is COC(=O)CC(NC(=O)c1ccc(OCc2csc(C)n2)cc1)c1ccc(OC)c(OC)c1. The van der Waals surface area contributed by atoms with Gasteiger partial charge in [-0.3, -0.25) is 9.59 Å². The molecule has 9 heteroatoms. The predicted molar refractivity (Wildman–Crippen MR) is 124 cm³/mol. The van der Waals surface area contributed by atoms with Crippen LogP contribution in [0.2, 0.25) is 0 Å². The van der Waals surface area contributed by atoms with Crippen LogP contribution in [-0.2, 0) is 16.1 Å². The number of hydrogen-bond donors (Lipinski definition) is 1. The molecule has 0 saturated carbocycles. The molecule has 0 fully saturated rings. The van der Waals surface area contributed by atoms with Gasteiger partial charge in [0.2, 0.25) is 0 Å². The van der Waals surface area contributed by atoms with Gasteiger partial charge in [0, 0.05) is 10.9 Å². The summed E-state index contributed by atoms with van der Waals surface area (Å²) in [5, 5.41) is 5.83. The average Bonchev–Trinajstić information content (AvgIpc) is 3.26. The molecule has 1 heterocycles. The summed E-state index contributed by atoms with van der Waals surface area (Å²) < 4.78 is 21.1. The highest BCUT2D eigenvalue weighted by atomic mass is 32.1. The summed E-state index contributed by atoms with van der Waals surface area (Å²) in [5.74, 6) is 0.892. The minimum absolute atomic E-state index is 0.0357. The van der Waals surface area contributed by atoms with E-state index in [1.54, 1.807) is 53.8 Å². The molecule has 1 N–H and O–H groups in total. The van der Waals surface area contributed by atoms with Crippen molar-refractivity contribution in [3.8, 4) is 17.2 Å². The van der Waals surface area contributed by atoms with Gasteiger partial charge in [0.15, 0.2) is 11.5 Å². The predicted octanol–water partition coefficient (Wildman–Crippen LogP) is 4.08. The van der Waals surface area contributed by atoms with E-state index >= 15 is 0 Å². The Morgan fingerprint density at radius 1 is 1.03 bits per heavy atom. The second-order valence-corrected chi connectivity index (χ2v) is 8.15. The summed E-state index contributed by atoms with van der Waals surface area (Å²) >= 11 is 1.57. The number of aryl methyl sites for hydroxylation is 1. The minimum Gasteiger partial charge on any atom is -0.493 e. The molecule has 0 aliphatic heterocycles. The van der Waals surface area contributed by atoms with Gasteiger partial charge in [-0.1, -0.05) is 6.07 Å². The topological polar surface area (TPSA) is 96.0 Å². The van der Waals surface area contributed by atoms with E-state index in [9.17, 15) is 9.59 Å². The van der Waals surface area contributed by atoms with E-state index in [1.807, 2.05) is 12.3 Å². The Morgan fingerprint density at radius 2 is 1.76 bits per heavy atom. The molecule has 0 aliphatic carbocycles.